The first-order chi connectivity index (χ1) is 12.1. The number of carbonyl (C=O) groups is 1. The van der Waals surface area contributed by atoms with E-state index in [1.54, 1.807) is 11.3 Å². The van der Waals surface area contributed by atoms with Crippen LogP contribution in [-0.2, 0) is 4.79 Å². The number of nitrogens with one attached hydrogen (secondary N) is 2. The first kappa shape index (κ1) is 18.1. The van der Waals surface area contributed by atoms with Gasteiger partial charge in [0.05, 0.1) is 16.6 Å². The maximum atomic E-state index is 12.3. The fraction of sp³-hybridized carbons (Fsp3) is 0.500. The number of thiazole rings is 1. The second-order valence-electron chi connectivity index (χ2n) is 6.86. The van der Waals surface area contributed by atoms with Crippen LogP contribution in [-0.4, -0.2) is 24.0 Å². The van der Waals surface area contributed by atoms with E-state index in [2.05, 4.69) is 34.7 Å². The minimum absolute atomic E-state index is 0.00971. The Morgan fingerprint density at radius 3 is 2.76 bits per heavy atom. The molecule has 0 radical (unpaired) electrons. The van der Waals surface area contributed by atoms with Gasteiger partial charge in [0.2, 0.25) is 5.91 Å². The smallest absolute Gasteiger partial charge is 0.220 e. The Morgan fingerprint density at radius 1 is 1.32 bits per heavy atom. The summed E-state index contributed by atoms with van der Waals surface area (Å²) < 4.78 is 0. The quantitative estimate of drug-likeness (QED) is 0.819. The number of piperidine rings is 1. The lowest BCUT2D eigenvalue weighted by Gasteiger charge is -2.22. The molecule has 0 spiro atoms. The van der Waals surface area contributed by atoms with Crippen molar-refractivity contribution < 1.29 is 4.79 Å². The number of hydrogen-bond donors (Lipinski definition) is 2. The van der Waals surface area contributed by atoms with Crippen molar-refractivity contribution in [3.63, 3.8) is 0 Å². The van der Waals surface area contributed by atoms with E-state index in [-0.39, 0.29) is 11.9 Å². The van der Waals surface area contributed by atoms with Crippen molar-refractivity contribution in [2.75, 3.05) is 13.1 Å². The third kappa shape index (κ3) is 4.89. The van der Waals surface area contributed by atoms with Gasteiger partial charge in [0.25, 0.3) is 0 Å². The molecule has 5 heteroatoms. The predicted molar refractivity (Wildman–Crippen MR) is 104 cm³/mol. The number of aromatic nitrogens is 1. The number of benzene rings is 1. The molecule has 2 N–H and O–H groups in total. The highest BCUT2D eigenvalue weighted by molar-refractivity contribution is 7.15. The molecule has 134 valence electrons. The molecule has 0 saturated carbocycles. The van der Waals surface area contributed by atoms with Gasteiger partial charge in [0, 0.05) is 12.0 Å². The minimum atomic E-state index is 0.00971. The first-order valence-corrected chi connectivity index (χ1v) is 9.98. The second kappa shape index (κ2) is 8.59. The molecular formula is C20H27N3OS. The maximum absolute atomic E-state index is 12.3. The van der Waals surface area contributed by atoms with Crippen molar-refractivity contribution in [3.8, 4) is 10.6 Å². The summed E-state index contributed by atoms with van der Waals surface area (Å²) in [6.07, 6.45) is 4.00. The lowest BCUT2D eigenvalue weighted by molar-refractivity contribution is -0.122. The summed E-state index contributed by atoms with van der Waals surface area (Å²) in [6.45, 7) is 6.25. The van der Waals surface area contributed by atoms with E-state index in [0.29, 0.717) is 12.3 Å². The normalized spacial score (nSPS) is 16.6. The van der Waals surface area contributed by atoms with Crippen molar-refractivity contribution in [1.82, 2.24) is 15.6 Å². The highest BCUT2D eigenvalue weighted by Crippen LogP contribution is 2.31. The van der Waals surface area contributed by atoms with E-state index < -0.39 is 0 Å². The van der Waals surface area contributed by atoms with Crippen LogP contribution < -0.4 is 10.6 Å². The van der Waals surface area contributed by atoms with Gasteiger partial charge in [-0.25, -0.2) is 4.98 Å². The van der Waals surface area contributed by atoms with Crippen molar-refractivity contribution in [2.45, 2.75) is 45.6 Å². The molecular weight excluding hydrogens is 330 g/mol. The molecule has 2 heterocycles. The van der Waals surface area contributed by atoms with Gasteiger partial charge in [0.1, 0.15) is 5.01 Å². The third-order valence-electron chi connectivity index (χ3n) is 4.86. The molecule has 2 aromatic rings. The van der Waals surface area contributed by atoms with Gasteiger partial charge in [-0.2, -0.15) is 0 Å². The van der Waals surface area contributed by atoms with Gasteiger partial charge < -0.3 is 10.6 Å². The molecule has 3 rings (SSSR count). The Balaban J connectivity index is 1.56. The fourth-order valence-corrected chi connectivity index (χ4v) is 4.47. The average molecular weight is 358 g/mol. The largest absolute Gasteiger partial charge is 0.349 e. The Labute approximate surface area is 154 Å². The molecule has 1 amide bonds. The van der Waals surface area contributed by atoms with Crippen LogP contribution in [0.1, 0.15) is 49.2 Å². The zero-order valence-electron chi connectivity index (χ0n) is 15.0. The molecule has 1 aromatic carbocycles. The Morgan fingerprint density at radius 2 is 2.04 bits per heavy atom. The molecule has 1 aromatic heterocycles. The number of hydrogen-bond acceptors (Lipinski definition) is 4. The molecule has 0 bridgehead atoms. The van der Waals surface area contributed by atoms with Gasteiger partial charge in [-0.05, 0) is 52.1 Å². The summed E-state index contributed by atoms with van der Waals surface area (Å²) in [4.78, 5) is 18.2. The van der Waals surface area contributed by atoms with Gasteiger partial charge in [0.15, 0.2) is 0 Å². The number of aryl methyl sites for hydroxylation is 1. The molecule has 1 atom stereocenters. The first-order valence-electron chi connectivity index (χ1n) is 9.16. The molecule has 4 nitrogen and oxygen atoms in total. The van der Waals surface area contributed by atoms with Crippen molar-refractivity contribution in [1.29, 1.82) is 0 Å². The van der Waals surface area contributed by atoms with E-state index in [0.717, 1.165) is 40.7 Å². The second-order valence-corrected chi connectivity index (χ2v) is 7.89. The summed E-state index contributed by atoms with van der Waals surface area (Å²) in [5.41, 5.74) is 2.14. The number of rotatable bonds is 6. The molecule has 1 aliphatic rings. The highest BCUT2D eigenvalue weighted by Gasteiger charge is 2.19. The van der Waals surface area contributed by atoms with E-state index in [1.165, 1.54) is 12.8 Å². The molecule has 1 unspecified atom stereocenters. The summed E-state index contributed by atoms with van der Waals surface area (Å²) in [5, 5.41) is 7.55. The molecule has 1 fully saturated rings. The zero-order chi connectivity index (χ0) is 17.6. The number of amides is 1. The molecule has 0 aliphatic carbocycles. The van der Waals surface area contributed by atoms with E-state index in [1.807, 2.05) is 25.1 Å². The van der Waals surface area contributed by atoms with Crippen LogP contribution in [0.25, 0.3) is 10.6 Å². The van der Waals surface area contributed by atoms with Crippen LogP contribution in [0.2, 0.25) is 0 Å². The lowest BCUT2D eigenvalue weighted by Crippen LogP contribution is -2.30. The average Bonchev–Trinajstić information content (AvgIpc) is 3.03. The monoisotopic (exact) mass is 357 g/mol. The van der Waals surface area contributed by atoms with Crippen molar-refractivity contribution in [3.05, 3.63) is 40.9 Å². The Bertz CT molecular complexity index is 692. The Kier molecular flexibility index (Phi) is 6.21. The topological polar surface area (TPSA) is 54.0 Å². The van der Waals surface area contributed by atoms with Crippen molar-refractivity contribution in [2.24, 2.45) is 5.92 Å². The minimum Gasteiger partial charge on any atom is -0.349 e. The van der Waals surface area contributed by atoms with Crippen LogP contribution in [0.3, 0.4) is 0 Å². The Hall–Kier alpha value is -1.72. The van der Waals surface area contributed by atoms with Gasteiger partial charge in [-0.1, -0.05) is 30.3 Å². The van der Waals surface area contributed by atoms with Gasteiger partial charge in [-0.3, -0.25) is 4.79 Å². The van der Waals surface area contributed by atoms with Gasteiger partial charge >= 0.3 is 0 Å². The third-order valence-corrected chi connectivity index (χ3v) is 6.25. The fourth-order valence-electron chi connectivity index (χ4n) is 3.40. The van der Waals surface area contributed by atoms with E-state index >= 15 is 0 Å². The summed E-state index contributed by atoms with van der Waals surface area (Å²) in [6, 6.07) is 10.2. The lowest BCUT2D eigenvalue weighted by atomic mass is 9.93. The zero-order valence-corrected chi connectivity index (χ0v) is 15.9. The van der Waals surface area contributed by atoms with Crippen LogP contribution in [0.4, 0.5) is 0 Å². The molecule has 1 saturated heterocycles. The number of nitrogens with zero attached hydrogens (tertiary/aromatic N) is 1. The number of carbonyl (C=O) groups excluding carboxylic acids is 1. The van der Waals surface area contributed by atoms with Crippen LogP contribution >= 0.6 is 11.3 Å². The summed E-state index contributed by atoms with van der Waals surface area (Å²) in [7, 11) is 0. The van der Waals surface area contributed by atoms with Crippen LogP contribution in [0, 0.1) is 12.8 Å². The summed E-state index contributed by atoms with van der Waals surface area (Å²) >= 11 is 1.67. The maximum Gasteiger partial charge on any atom is 0.220 e. The SMILES string of the molecule is Cc1nc(-c2ccccc2)sc1C(C)NC(=O)CCC1CCNCC1. The standard InChI is InChI=1S/C20H27N3OS/c1-14(22-18(24)9-8-16-10-12-21-13-11-16)19-15(2)23-20(25-19)17-6-4-3-5-7-17/h3-7,14,16,21H,8-13H2,1-2H3,(H,22,24). The van der Waals surface area contributed by atoms with Gasteiger partial charge in [-0.15, -0.1) is 11.3 Å². The predicted octanol–water partition coefficient (Wildman–Crippen LogP) is 4.08. The summed E-state index contributed by atoms with van der Waals surface area (Å²) in [5.74, 6) is 0.845. The van der Waals surface area contributed by atoms with E-state index in [4.69, 9.17) is 0 Å². The molecule has 25 heavy (non-hydrogen) atoms. The van der Waals surface area contributed by atoms with E-state index in [9.17, 15) is 4.79 Å². The highest BCUT2D eigenvalue weighted by atomic mass is 32.1. The van der Waals surface area contributed by atoms with Crippen LogP contribution in [0.5, 0.6) is 0 Å². The van der Waals surface area contributed by atoms with Crippen LogP contribution in [0.15, 0.2) is 30.3 Å². The molecule has 1 aliphatic heterocycles. The van der Waals surface area contributed by atoms with Crippen molar-refractivity contribution >= 4 is 17.2 Å².